The number of thiophene rings is 1. The Hall–Kier alpha value is -2.12. The smallest absolute Gasteiger partial charge is 0.260 e. The molecule has 154 valence electrons. The molecule has 0 radical (unpaired) electrons. The molecule has 7 heteroatoms. The molecular weight excluding hydrogens is 402 g/mol. The van der Waals surface area contributed by atoms with E-state index in [9.17, 15) is 9.59 Å². The Bertz CT molecular complexity index is 1030. The molecule has 2 aromatic heterocycles. The van der Waals surface area contributed by atoms with E-state index in [0.717, 1.165) is 34.5 Å². The minimum Gasteiger partial charge on any atom is -0.355 e. The molecule has 3 aromatic rings. The van der Waals surface area contributed by atoms with E-state index in [2.05, 4.69) is 36.1 Å². The second-order valence-electron chi connectivity index (χ2n) is 7.28. The lowest BCUT2D eigenvalue weighted by Crippen LogP contribution is -2.27. The lowest BCUT2D eigenvalue weighted by molar-refractivity contribution is -0.118. The molecule has 0 bridgehead atoms. The summed E-state index contributed by atoms with van der Waals surface area (Å²) in [4.78, 5) is 34.2. The summed E-state index contributed by atoms with van der Waals surface area (Å²) >= 11 is 2.83. The fourth-order valence-corrected chi connectivity index (χ4v) is 4.94. The van der Waals surface area contributed by atoms with Crippen molar-refractivity contribution in [1.82, 2.24) is 15.3 Å². The van der Waals surface area contributed by atoms with E-state index < -0.39 is 0 Å². The molecule has 29 heavy (non-hydrogen) atoms. The predicted octanol–water partition coefficient (Wildman–Crippen LogP) is 4.33. The molecule has 1 unspecified atom stereocenters. The summed E-state index contributed by atoms with van der Waals surface area (Å²) in [5, 5.41) is 4.13. The van der Waals surface area contributed by atoms with Crippen LogP contribution in [0.4, 0.5) is 0 Å². The topological polar surface area (TPSA) is 74.8 Å². The highest BCUT2D eigenvalue weighted by molar-refractivity contribution is 7.99. The van der Waals surface area contributed by atoms with Gasteiger partial charge in [-0.2, -0.15) is 0 Å². The van der Waals surface area contributed by atoms with Crippen molar-refractivity contribution in [2.24, 2.45) is 5.92 Å². The first-order valence-electron chi connectivity index (χ1n) is 9.93. The van der Waals surface area contributed by atoms with Crippen LogP contribution in [-0.4, -0.2) is 28.2 Å². The number of hydrogen-bond donors (Lipinski definition) is 2. The van der Waals surface area contributed by atoms with E-state index in [0.29, 0.717) is 23.0 Å². The van der Waals surface area contributed by atoms with E-state index in [1.165, 1.54) is 17.3 Å². The zero-order valence-electron chi connectivity index (χ0n) is 17.1. The number of rotatable bonds is 9. The fourth-order valence-electron chi connectivity index (χ4n) is 3.14. The summed E-state index contributed by atoms with van der Waals surface area (Å²) in [5.74, 6) is 0.695. The zero-order valence-corrected chi connectivity index (χ0v) is 18.7. The van der Waals surface area contributed by atoms with Crippen LogP contribution < -0.4 is 10.9 Å². The molecule has 0 aliphatic carbocycles. The van der Waals surface area contributed by atoms with E-state index in [1.807, 2.05) is 30.3 Å². The average molecular weight is 430 g/mol. The van der Waals surface area contributed by atoms with E-state index in [-0.39, 0.29) is 17.2 Å². The Morgan fingerprint density at radius 3 is 2.79 bits per heavy atom. The van der Waals surface area contributed by atoms with Gasteiger partial charge < -0.3 is 10.3 Å². The van der Waals surface area contributed by atoms with Gasteiger partial charge in [0.05, 0.1) is 11.1 Å². The highest BCUT2D eigenvalue weighted by Gasteiger charge is 2.17. The Balaban J connectivity index is 1.60. The molecule has 0 fully saturated rings. The number of amides is 1. The number of carbonyl (C=O) groups is 1. The van der Waals surface area contributed by atoms with Gasteiger partial charge in [-0.1, -0.05) is 62.4 Å². The Morgan fingerprint density at radius 2 is 2.07 bits per heavy atom. The summed E-state index contributed by atoms with van der Waals surface area (Å²) in [5.41, 5.74) is 2.20. The van der Waals surface area contributed by atoms with Gasteiger partial charge in [0.25, 0.3) is 5.56 Å². The Kier molecular flexibility index (Phi) is 7.50. The van der Waals surface area contributed by atoms with Crippen LogP contribution in [-0.2, 0) is 17.6 Å². The van der Waals surface area contributed by atoms with Crippen LogP contribution >= 0.6 is 23.1 Å². The maximum atomic E-state index is 12.7. The second kappa shape index (κ2) is 10.1. The third-order valence-electron chi connectivity index (χ3n) is 5.01. The van der Waals surface area contributed by atoms with E-state index in [4.69, 9.17) is 0 Å². The largest absolute Gasteiger partial charge is 0.355 e. The summed E-state index contributed by atoms with van der Waals surface area (Å²) in [6, 6.07) is 10.1. The van der Waals surface area contributed by atoms with Crippen molar-refractivity contribution >= 4 is 39.2 Å². The number of benzene rings is 1. The van der Waals surface area contributed by atoms with Crippen molar-refractivity contribution in [1.29, 1.82) is 0 Å². The van der Waals surface area contributed by atoms with Crippen molar-refractivity contribution in [2.45, 2.75) is 45.2 Å². The first-order chi connectivity index (χ1) is 14.0. The van der Waals surface area contributed by atoms with Crippen LogP contribution in [0, 0.1) is 12.8 Å². The van der Waals surface area contributed by atoms with Crippen LogP contribution in [0.2, 0.25) is 0 Å². The third-order valence-corrected chi connectivity index (χ3v) is 6.92. The van der Waals surface area contributed by atoms with Gasteiger partial charge in [-0.25, -0.2) is 4.98 Å². The molecule has 0 spiro atoms. The zero-order chi connectivity index (χ0) is 20.8. The molecule has 0 saturated carbocycles. The predicted molar refractivity (Wildman–Crippen MR) is 122 cm³/mol. The van der Waals surface area contributed by atoms with Gasteiger partial charge in [0.1, 0.15) is 4.83 Å². The van der Waals surface area contributed by atoms with Gasteiger partial charge in [-0.15, -0.1) is 11.3 Å². The highest BCUT2D eigenvalue weighted by Crippen LogP contribution is 2.30. The van der Waals surface area contributed by atoms with Crippen LogP contribution in [0.5, 0.6) is 0 Å². The van der Waals surface area contributed by atoms with Crippen LogP contribution in [0.15, 0.2) is 40.3 Å². The van der Waals surface area contributed by atoms with Gasteiger partial charge in [0, 0.05) is 11.4 Å². The molecule has 3 rings (SSSR count). The summed E-state index contributed by atoms with van der Waals surface area (Å²) in [7, 11) is 0. The molecule has 0 aliphatic heterocycles. The first kappa shape index (κ1) is 21.6. The third kappa shape index (κ3) is 5.70. The molecule has 1 amide bonds. The maximum Gasteiger partial charge on any atom is 0.260 e. The van der Waals surface area contributed by atoms with Crippen molar-refractivity contribution in [2.75, 3.05) is 12.3 Å². The Labute approximate surface area is 179 Å². The lowest BCUT2D eigenvalue weighted by Gasteiger charge is -2.08. The number of nitrogens with one attached hydrogen (secondary N) is 2. The molecule has 1 atom stereocenters. The van der Waals surface area contributed by atoms with Crippen LogP contribution in [0.1, 0.15) is 36.3 Å². The van der Waals surface area contributed by atoms with Gasteiger partial charge in [0.15, 0.2) is 5.16 Å². The number of nitrogens with zero attached hydrogens (tertiary/aromatic N) is 1. The normalized spacial score (nSPS) is 12.2. The monoisotopic (exact) mass is 429 g/mol. The highest BCUT2D eigenvalue weighted by atomic mass is 32.2. The summed E-state index contributed by atoms with van der Waals surface area (Å²) in [6.45, 7) is 7.01. The molecule has 5 nitrogen and oxygen atoms in total. The lowest BCUT2D eigenvalue weighted by atomic mass is 9.98. The van der Waals surface area contributed by atoms with E-state index >= 15 is 0 Å². The molecule has 2 N–H and O–H groups in total. The standard InChI is InChI=1S/C22H27N3O2S2/c1-4-14(2)12-17-15(3)29-21-19(17)20(27)24-22(25-21)28-13-18(26)23-11-10-16-8-6-5-7-9-16/h5-9,14H,4,10-13H2,1-3H3,(H,23,26)(H,24,25,27). The summed E-state index contributed by atoms with van der Waals surface area (Å²) in [6.07, 6.45) is 2.77. The van der Waals surface area contributed by atoms with Crippen molar-refractivity contribution in [3.63, 3.8) is 0 Å². The number of fused-ring (bicyclic) bond motifs is 1. The fraction of sp³-hybridized carbons (Fsp3) is 0.409. The minimum absolute atomic E-state index is 0.0616. The van der Waals surface area contributed by atoms with Gasteiger partial charge in [-0.05, 0) is 36.8 Å². The summed E-state index contributed by atoms with van der Waals surface area (Å²) < 4.78 is 0. The van der Waals surface area contributed by atoms with Crippen LogP contribution in [0.25, 0.3) is 10.2 Å². The number of aromatic amines is 1. The number of aryl methyl sites for hydroxylation is 1. The molecule has 0 saturated heterocycles. The second-order valence-corrected chi connectivity index (χ2v) is 9.45. The molecule has 2 heterocycles. The number of aromatic nitrogens is 2. The number of thioether (sulfide) groups is 1. The first-order valence-corrected chi connectivity index (χ1v) is 11.7. The van der Waals surface area contributed by atoms with Gasteiger partial charge >= 0.3 is 0 Å². The maximum absolute atomic E-state index is 12.7. The molecule has 1 aromatic carbocycles. The number of hydrogen-bond acceptors (Lipinski definition) is 5. The van der Waals surface area contributed by atoms with Crippen molar-refractivity contribution in [3.05, 3.63) is 56.7 Å². The Morgan fingerprint density at radius 1 is 1.31 bits per heavy atom. The quantitative estimate of drug-likeness (QED) is 0.392. The van der Waals surface area contributed by atoms with Gasteiger partial charge in [0.2, 0.25) is 5.91 Å². The number of carbonyl (C=O) groups excluding carboxylic acids is 1. The SMILES string of the molecule is CCC(C)Cc1c(C)sc2nc(SCC(=O)NCCc3ccccc3)[nH]c(=O)c12. The van der Waals surface area contributed by atoms with Crippen molar-refractivity contribution in [3.8, 4) is 0 Å². The van der Waals surface area contributed by atoms with Crippen molar-refractivity contribution < 1.29 is 4.79 Å². The molecule has 0 aliphatic rings. The van der Waals surface area contributed by atoms with Gasteiger partial charge in [-0.3, -0.25) is 9.59 Å². The van der Waals surface area contributed by atoms with Crippen LogP contribution in [0.3, 0.4) is 0 Å². The average Bonchev–Trinajstić information content (AvgIpc) is 3.02. The number of H-pyrrole nitrogens is 1. The minimum atomic E-state index is -0.107. The molecular formula is C22H27N3O2S2. The van der Waals surface area contributed by atoms with E-state index in [1.54, 1.807) is 11.3 Å².